The summed E-state index contributed by atoms with van der Waals surface area (Å²) < 4.78 is 13.5. The van der Waals surface area contributed by atoms with Gasteiger partial charge >= 0.3 is 0 Å². The second-order valence-corrected chi connectivity index (χ2v) is 5.05. The molecule has 0 unspecified atom stereocenters. The Bertz CT molecular complexity index is 396. The Kier molecular flexibility index (Phi) is 4.67. The lowest BCUT2D eigenvalue weighted by Gasteiger charge is -2.16. The fraction of sp³-hybridized carbons (Fsp3) is 0.364. The minimum Gasteiger partial charge on any atom is -0.324 e. The second-order valence-electron chi connectivity index (χ2n) is 3.88. The molecule has 1 rings (SSSR count). The van der Waals surface area contributed by atoms with Crippen LogP contribution in [0, 0.1) is 15.3 Å². The first-order chi connectivity index (χ1) is 7.41. The first kappa shape index (κ1) is 13.4. The summed E-state index contributed by atoms with van der Waals surface area (Å²) in [7, 11) is 0. The van der Waals surface area contributed by atoms with Gasteiger partial charge in [0.25, 0.3) is 0 Å². The zero-order chi connectivity index (χ0) is 12.3. The van der Waals surface area contributed by atoms with Crippen LogP contribution < -0.4 is 11.1 Å². The fourth-order valence-corrected chi connectivity index (χ4v) is 1.72. The van der Waals surface area contributed by atoms with Crippen molar-refractivity contribution in [3.63, 3.8) is 0 Å². The highest BCUT2D eigenvalue weighted by Crippen LogP contribution is 2.19. The molecule has 1 aromatic carbocycles. The van der Waals surface area contributed by atoms with Crippen LogP contribution in [0.5, 0.6) is 0 Å². The summed E-state index contributed by atoms with van der Waals surface area (Å²) in [5.41, 5.74) is 6.29. The van der Waals surface area contributed by atoms with E-state index in [4.69, 9.17) is 5.73 Å². The molecule has 0 fully saturated rings. The van der Waals surface area contributed by atoms with Crippen LogP contribution in [0.3, 0.4) is 0 Å². The van der Waals surface area contributed by atoms with Gasteiger partial charge in [0.2, 0.25) is 5.91 Å². The zero-order valence-electron chi connectivity index (χ0n) is 9.13. The van der Waals surface area contributed by atoms with Gasteiger partial charge in [-0.3, -0.25) is 4.79 Å². The lowest BCUT2D eigenvalue weighted by atomic mass is 10.1. The molecule has 1 aromatic rings. The van der Waals surface area contributed by atoms with Crippen molar-refractivity contribution in [1.82, 2.24) is 0 Å². The molecule has 0 aliphatic carbocycles. The van der Waals surface area contributed by atoms with E-state index in [9.17, 15) is 9.18 Å². The lowest BCUT2D eigenvalue weighted by Crippen LogP contribution is -2.39. The number of carbonyl (C=O) groups excluding carboxylic acids is 1. The Hall–Kier alpha value is -0.690. The molecule has 0 saturated heterocycles. The van der Waals surface area contributed by atoms with Crippen molar-refractivity contribution in [2.75, 3.05) is 5.32 Å². The van der Waals surface area contributed by atoms with Gasteiger partial charge in [0.1, 0.15) is 5.82 Å². The molecule has 5 heteroatoms. The molecule has 1 amide bonds. The third kappa shape index (κ3) is 3.41. The van der Waals surface area contributed by atoms with Crippen LogP contribution in [0.1, 0.15) is 13.8 Å². The van der Waals surface area contributed by atoms with Gasteiger partial charge in [-0.2, -0.15) is 0 Å². The third-order valence-corrected chi connectivity index (χ3v) is 3.10. The van der Waals surface area contributed by atoms with Gasteiger partial charge in [0.05, 0.1) is 11.7 Å². The highest BCUT2D eigenvalue weighted by atomic mass is 127. The predicted molar refractivity (Wildman–Crippen MR) is 70.6 cm³/mol. The monoisotopic (exact) mass is 336 g/mol. The highest BCUT2D eigenvalue weighted by Gasteiger charge is 2.17. The maximum absolute atomic E-state index is 12.8. The second kappa shape index (κ2) is 5.58. The van der Waals surface area contributed by atoms with Gasteiger partial charge in [0.15, 0.2) is 0 Å². The van der Waals surface area contributed by atoms with E-state index < -0.39 is 6.04 Å². The van der Waals surface area contributed by atoms with Crippen LogP contribution in [-0.4, -0.2) is 11.9 Å². The Morgan fingerprint density at radius 2 is 2.12 bits per heavy atom. The third-order valence-electron chi connectivity index (χ3n) is 2.21. The molecule has 0 saturated carbocycles. The van der Waals surface area contributed by atoms with Crippen molar-refractivity contribution in [2.24, 2.45) is 11.7 Å². The summed E-state index contributed by atoms with van der Waals surface area (Å²) in [5, 5.41) is 2.68. The Morgan fingerprint density at radius 1 is 1.50 bits per heavy atom. The van der Waals surface area contributed by atoms with Crippen LogP contribution in [0.15, 0.2) is 18.2 Å². The number of carbonyl (C=O) groups is 1. The molecule has 0 aliphatic heterocycles. The Balaban J connectivity index is 2.77. The van der Waals surface area contributed by atoms with E-state index in [0.29, 0.717) is 9.26 Å². The first-order valence-corrected chi connectivity index (χ1v) is 6.01. The van der Waals surface area contributed by atoms with Crippen molar-refractivity contribution in [3.05, 3.63) is 27.6 Å². The fourth-order valence-electron chi connectivity index (χ4n) is 1.11. The zero-order valence-corrected chi connectivity index (χ0v) is 11.3. The first-order valence-electron chi connectivity index (χ1n) is 4.93. The number of halogens is 2. The van der Waals surface area contributed by atoms with Crippen molar-refractivity contribution in [3.8, 4) is 0 Å². The number of nitrogens with one attached hydrogen (secondary N) is 1. The van der Waals surface area contributed by atoms with E-state index in [0.717, 1.165) is 0 Å². The lowest BCUT2D eigenvalue weighted by molar-refractivity contribution is -0.118. The van der Waals surface area contributed by atoms with E-state index in [1.54, 1.807) is 0 Å². The topological polar surface area (TPSA) is 55.1 Å². The largest absolute Gasteiger partial charge is 0.324 e. The van der Waals surface area contributed by atoms with Gasteiger partial charge < -0.3 is 11.1 Å². The minimum absolute atomic E-state index is 0.0677. The van der Waals surface area contributed by atoms with Crippen LogP contribution in [-0.2, 0) is 4.79 Å². The van der Waals surface area contributed by atoms with Crippen LogP contribution in [0.4, 0.5) is 10.1 Å². The molecule has 3 N–H and O–H groups in total. The smallest absolute Gasteiger partial charge is 0.241 e. The summed E-state index contributed by atoms with van der Waals surface area (Å²) in [6.07, 6.45) is 0. The molecular weight excluding hydrogens is 322 g/mol. The highest BCUT2D eigenvalue weighted by molar-refractivity contribution is 14.1. The molecular formula is C11H14FIN2O. The van der Waals surface area contributed by atoms with E-state index in [1.165, 1.54) is 18.2 Å². The molecule has 3 nitrogen and oxygen atoms in total. The molecule has 0 spiro atoms. The van der Waals surface area contributed by atoms with E-state index in [-0.39, 0.29) is 17.6 Å². The predicted octanol–water partition coefficient (Wildman–Crippen LogP) is 2.35. The average molecular weight is 336 g/mol. The maximum atomic E-state index is 12.8. The molecule has 88 valence electrons. The summed E-state index contributed by atoms with van der Waals surface area (Å²) in [6, 6.07) is 3.64. The number of anilines is 1. The standard InChI is InChI=1S/C11H14FIN2O/c1-6(2)10(14)11(16)15-9-4-3-7(12)5-8(9)13/h3-6,10H,14H2,1-2H3,(H,15,16)/t10-/m0/s1. The molecule has 0 aliphatic rings. The van der Waals surface area contributed by atoms with Crippen LogP contribution >= 0.6 is 22.6 Å². The van der Waals surface area contributed by atoms with Crippen molar-refractivity contribution < 1.29 is 9.18 Å². The van der Waals surface area contributed by atoms with Crippen molar-refractivity contribution in [1.29, 1.82) is 0 Å². The molecule has 0 bridgehead atoms. The average Bonchev–Trinajstić information content (AvgIpc) is 2.20. The van der Waals surface area contributed by atoms with Crippen molar-refractivity contribution >= 4 is 34.2 Å². The van der Waals surface area contributed by atoms with Gasteiger partial charge in [-0.05, 0) is 46.7 Å². The number of hydrogen-bond acceptors (Lipinski definition) is 2. The summed E-state index contributed by atoms with van der Waals surface area (Å²) in [5.74, 6) is -0.506. The maximum Gasteiger partial charge on any atom is 0.241 e. The van der Waals surface area contributed by atoms with Gasteiger partial charge in [-0.25, -0.2) is 4.39 Å². The quantitative estimate of drug-likeness (QED) is 0.833. The van der Waals surface area contributed by atoms with Gasteiger partial charge in [-0.15, -0.1) is 0 Å². The van der Waals surface area contributed by atoms with Crippen LogP contribution in [0.2, 0.25) is 0 Å². The van der Waals surface area contributed by atoms with E-state index in [1.807, 2.05) is 36.4 Å². The Labute approximate surface area is 108 Å². The molecule has 0 radical (unpaired) electrons. The van der Waals surface area contributed by atoms with Gasteiger partial charge in [0, 0.05) is 3.57 Å². The number of nitrogens with two attached hydrogens (primary N) is 1. The number of benzene rings is 1. The van der Waals surface area contributed by atoms with Gasteiger partial charge in [-0.1, -0.05) is 13.8 Å². The molecule has 0 heterocycles. The minimum atomic E-state index is -0.555. The van der Waals surface area contributed by atoms with Crippen molar-refractivity contribution in [2.45, 2.75) is 19.9 Å². The number of amides is 1. The van der Waals surface area contributed by atoms with E-state index >= 15 is 0 Å². The summed E-state index contributed by atoms with van der Waals surface area (Å²) >= 11 is 1.96. The molecule has 1 atom stereocenters. The number of rotatable bonds is 3. The molecule has 0 aromatic heterocycles. The SMILES string of the molecule is CC(C)[C@H](N)C(=O)Nc1ccc(F)cc1I. The van der Waals surface area contributed by atoms with E-state index in [2.05, 4.69) is 5.32 Å². The summed E-state index contributed by atoms with van der Waals surface area (Å²) in [6.45, 7) is 3.75. The summed E-state index contributed by atoms with van der Waals surface area (Å²) in [4.78, 5) is 11.7. The molecule has 16 heavy (non-hydrogen) atoms. The number of hydrogen-bond donors (Lipinski definition) is 2. The Morgan fingerprint density at radius 3 is 2.62 bits per heavy atom. The normalized spacial score (nSPS) is 12.6. The van der Waals surface area contributed by atoms with Crippen LogP contribution in [0.25, 0.3) is 0 Å².